The Kier molecular flexibility index (Phi) is 4.91. The first-order valence-corrected chi connectivity index (χ1v) is 9.69. The Labute approximate surface area is 175 Å². The second kappa shape index (κ2) is 7.42. The van der Waals surface area contributed by atoms with Gasteiger partial charge in [0, 0.05) is 30.5 Å². The molecule has 0 unspecified atom stereocenters. The predicted molar refractivity (Wildman–Crippen MR) is 113 cm³/mol. The lowest BCUT2D eigenvalue weighted by Gasteiger charge is -2.15. The number of carbonyl (C=O) groups is 2. The van der Waals surface area contributed by atoms with E-state index in [1.165, 1.54) is 29.8 Å². The zero-order valence-corrected chi connectivity index (χ0v) is 16.8. The van der Waals surface area contributed by atoms with Gasteiger partial charge in [-0.2, -0.15) is 0 Å². The average molecular weight is 425 g/mol. The molecule has 1 aliphatic rings. The molecule has 0 aliphatic heterocycles. The van der Waals surface area contributed by atoms with Crippen molar-refractivity contribution >= 4 is 39.8 Å². The molecule has 1 heterocycles. The first-order chi connectivity index (χ1) is 14.3. The fourth-order valence-corrected chi connectivity index (χ4v) is 3.77. The Bertz CT molecular complexity index is 1350. The Morgan fingerprint density at radius 2 is 1.60 bits per heavy atom. The molecule has 8 heteroatoms. The van der Waals surface area contributed by atoms with Gasteiger partial charge >= 0.3 is 5.69 Å². The highest BCUT2D eigenvalue weighted by Gasteiger charge is 2.28. The number of aliphatic hydroxyl groups is 1. The maximum atomic E-state index is 13.2. The number of aliphatic hydroxyl groups excluding tert-OH is 1. The van der Waals surface area contributed by atoms with Crippen molar-refractivity contribution in [3.05, 3.63) is 79.5 Å². The summed E-state index contributed by atoms with van der Waals surface area (Å²) in [5.74, 6) is -1.27. The summed E-state index contributed by atoms with van der Waals surface area (Å²) >= 11 is 5.90. The monoisotopic (exact) mass is 424 g/mol. The van der Waals surface area contributed by atoms with Gasteiger partial charge in [-0.3, -0.25) is 19.0 Å². The average Bonchev–Trinajstić information content (AvgIpc) is 2.73. The van der Waals surface area contributed by atoms with Crippen LogP contribution in [0.2, 0.25) is 5.02 Å². The molecule has 1 aliphatic carbocycles. The van der Waals surface area contributed by atoms with Gasteiger partial charge in [-0.25, -0.2) is 9.36 Å². The molecule has 1 fully saturated rings. The van der Waals surface area contributed by atoms with Gasteiger partial charge in [0.05, 0.1) is 16.6 Å². The molecule has 1 saturated carbocycles. The number of Topliss-reactive ketones (excluding diaryl/α,β-unsaturated/α-hetero) is 2. The van der Waals surface area contributed by atoms with Crippen molar-refractivity contribution in [1.82, 2.24) is 9.13 Å². The number of hydrogen-bond acceptors (Lipinski definition) is 5. The van der Waals surface area contributed by atoms with Crippen LogP contribution in [0.4, 0.5) is 0 Å². The molecule has 3 aromatic rings. The molecule has 0 bridgehead atoms. The highest BCUT2D eigenvalue weighted by molar-refractivity contribution is 6.30. The van der Waals surface area contributed by atoms with Crippen LogP contribution < -0.4 is 11.2 Å². The molecule has 1 aromatic heterocycles. The van der Waals surface area contributed by atoms with Crippen molar-refractivity contribution < 1.29 is 14.7 Å². The molecule has 0 saturated heterocycles. The van der Waals surface area contributed by atoms with E-state index in [-0.39, 0.29) is 29.4 Å². The van der Waals surface area contributed by atoms with Crippen molar-refractivity contribution in [2.24, 2.45) is 7.05 Å². The molecule has 0 radical (unpaired) electrons. The van der Waals surface area contributed by atoms with E-state index >= 15 is 0 Å². The molecular formula is C22H17ClN2O5. The number of aryl methyl sites for hydroxylation is 1. The fraction of sp³-hybridized carbons (Fsp3) is 0.182. The topological polar surface area (TPSA) is 98.4 Å². The maximum absolute atomic E-state index is 13.2. The summed E-state index contributed by atoms with van der Waals surface area (Å²) in [6, 6.07) is 10.6. The predicted octanol–water partition coefficient (Wildman–Crippen LogP) is 2.93. The van der Waals surface area contributed by atoms with Crippen molar-refractivity contribution in [2.45, 2.75) is 19.3 Å². The third-order valence-corrected chi connectivity index (χ3v) is 5.48. The minimum atomic E-state index is -0.587. The Balaban J connectivity index is 1.98. The van der Waals surface area contributed by atoms with Crippen LogP contribution in [0.5, 0.6) is 0 Å². The molecule has 0 amide bonds. The van der Waals surface area contributed by atoms with E-state index in [9.17, 15) is 24.3 Å². The Morgan fingerprint density at radius 1 is 0.967 bits per heavy atom. The van der Waals surface area contributed by atoms with Crippen LogP contribution in [0.15, 0.2) is 57.6 Å². The van der Waals surface area contributed by atoms with Crippen LogP contribution in [-0.4, -0.2) is 25.8 Å². The fourth-order valence-electron chi connectivity index (χ4n) is 3.65. The largest absolute Gasteiger partial charge is 0.506 e. The minimum Gasteiger partial charge on any atom is -0.506 e. The van der Waals surface area contributed by atoms with E-state index in [1.54, 1.807) is 24.3 Å². The number of fused-ring (bicyclic) bond motifs is 1. The standard InChI is InChI=1S/C22H17ClN2O5/c1-24-16-10-5-12(20(28)19-17(26)3-2-4-18(19)27)11-15(16)21(29)25(22(24)30)14-8-6-13(23)7-9-14/h5-11,28H,2-4H2,1H3. The SMILES string of the molecule is Cn1c(=O)n(-c2ccc(Cl)cc2)c(=O)c2cc(C(O)=C3C(=O)CCCC3=O)ccc21. The van der Waals surface area contributed by atoms with Gasteiger partial charge in [-0.1, -0.05) is 11.6 Å². The lowest BCUT2D eigenvalue weighted by atomic mass is 9.89. The van der Waals surface area contributed by atoms with Gasteiger partial charge in [-0.05, 0) is 48.9 Å². The van der Waals surface area contributed by atoms with Crippen molar-refractivity contribution in [3.8, 4) is 5.69 Å². The van der Waals surface area contributed by atoms with Crippen LogP contribution in [0, 0.1) is 0 Å². The second-order valence-electron chi connectivity index (χ2n) is 7.11. The summed E-state index contributed by atoms with van der Waals surface area (Å²) in [7, 11) is 1.53. The highest BCUT2D eigenvalue weighted by atomic mass is 35.5. The van der Waals surface area contributed by atoms with E-state index in [2.05, 4.69) is 0 Å². The molecule has 7 nitrogen and oxygen atoms in total. The normalized spacial score (nSPS) is 14.4. The smallest absolute Gasteiger partial charge is 0.335 e. The summed E-state index contributed by atoms with van der Waals surface area (Å²) in [6.07, 6.45) is 0.841. The van der Waals surface area contributed by atoms with Crippen LogP contribution >= 0.6 is 11.6 Å². The Hall–Kier alpha value is -3.45. The summed E-state index contributed by atoms with van der Waals surface area (Å²) in [5, 5.41) is 11.2. The van der Waals surface area contributed by atoms with E-state index < -0.39 is 28.6 Å². The number of carbonyl (C=O) groups excluding carboxylic acids is 2. The number of aromatic nitrogens is 2. The molecule has 0 spiro atoms. The number of ketones is 2. The zero-order chi connectivity index (χ0) is 21.6. The van der Waals surface area contributed by atoms with E-state index in [0.29, 0.717) is 22.6 Å². The highest BCUT2D eigenvalue weighted by Crippen LogP contribution is 2.26. The first-order valence-electron chi connectivity index (χ1n) is 9.31. The van der Waals surface area contributed by atoms with Gasteiger partial charge in [-0.15, -0.1) is 0 Å². The van der Waals surface area contributed by atoms with E-state index in [0.717, 1.165) is 4.57 Å². The van der Waals surface area contributed by atoms with Crippen LogP contribution in [0.25, 0.3) is 22.3 Å². The van der Waals surface area contributed by atoms with Gasteiger partial charge in [0.1, 0.15) is 11.3 Å². The molecule has 0 atom stereocenters. The van der Waals surface area contributed by atoms with Crippen molar-refractivity contribution in [2.75, 3.05) is 0 Å². The number of hydrogen-bond donors (Lipinski definition) is 1. The quantitative estimate of drug-likeness (QED) is 0.387. The number of allylic oxidation sites excluding steroid dienone is 1. The molecule has 30 heavy (non-hydrogen) atoms. The first kappa shape index (κ1) is 19.8. The van der Waals surface area contributed by atoms with E-state index in [4.69, 9.17) is 11.6 Å². The molecule has 1 N–H and O–H groups in total. The lowest BCUT2D eigenvalue weighted by Crippen LogP contribution is -2.37. The van der Waals surface area contributed by atoms with Crippen molar-refractivity contribution in [3.63, 3.8) is 0 Å². The minimum absolute atomic E-state index is 0.160. The third kappa shape index (κ3) is 3.17. The number of nitrogens with zero attached hydrogens (tertiary/aromatic N) is 2. The van der Waals surface area contributed by atoms with Crippen LogP contribution in [0.1, 0.15) is 24.8 Å². The summed E-state index contributed by atoms with van der Waals surface area (Å²) < 4.78 is 2.32. The molecule has 152 valence electrons. The maximum Gasteiger partial charge on any atom is 0.335 e. The number of rotatable bonds is 2. The van der Waals surface area contributed by atoms with Gasteiger partial charge in [0.25, 0.3) is 5.56 Å². The third-order valence-electron chi connectivity index (χ3n) is 5.23. The molecular weight excluding hydrogens is 408 g/mol. The lowest BCUT2D eigenvalue weighted by molar-refractivity contribution is -0.123. The molecule has 2 aromatic carbocycles. The van der Waals surface area contributed by atoms with Gasteiger partial charge in [0.2, 0.25) is 0 Å². The number of benzene rings is 2. The summed E-state index contributed by atoms with van der Waals surface area (Å²) in [4.78, 5) is 50.2. The Morgan fingerprint density at radius 3 is 2.23 bits per heavy atom. The van der Waals surface area contributed by atoms with Crippen LogP contribution in [-0.2, 0) is 16.6 Å². The van der Waals surface area contributed by atoms with Gasteiger partial charge < -0.3 is 5.11 Å². The summed E-state index contributed by atoms with van der Waals surface area (Å²) in [6.45, 7) is 0. The van der Waals surface area contributed by atoms with Gasteiger partial charge in [0.15, 0.2) is 11.6 Å². The second-order valence-corrected chi connectivity index (χ2v) is 7.55. The van der Waals surface area contributed by atoms with E-state index in [1.807, 2.05) is 0 Å². The van der Waals surface area contributed by atoms with Crippen molar-refractivity contribution in [1.29, 1.82) is 0 Å². The van der Waals surface area contributed by atoms with Crippen LogP contribution in [0.3, 0.4) is 0 Å². The summed E-state index contributed by atoms with van der Waals surface area (Å²) in [5.41, 5.74) is -0.488. The molecule has 4 rings (SSSR count). The zero-order valence-electron chi connectivity index (χ0n) is 16.0. The number of halogens is 1.